The molecule has 1 atom stereocenters. The molecule has 1 aromatic carbocycles. The maximum atomic E-state index is 12.8. The normalized spacial score (nSPS) is 13.0. The molecule has 0 radical (unpaired) electrons. The number of hydrogen-bond donors (Lipinski definition) is 2. The van der Waals surface area contributed by atoms with Gasteiger partial charge in [-0.2, -0.15) is 18.2 Å². The first-order valence-corrected chi connectivity index (χ1v) is 8.78. The maximum absolute atomic E-state index is 12.8. The van der Waals surface area contributed by atoms with E-state index in [0.29, 0.717) is 42.7 Å². The standard InChI is InChI=1S/C18H24F3N5O.HI/c1-4-22-17(24-11-16-25-13(3)26-27-16)23-9-8-12(2)14-6-5-7-15(10-14)18(19,20)21;/h5-7,10,12H,4,8-9,11H2,1-3H3,(H2,22,23,24);1H. The number of benzene rings is 1. The molecule has 156 valence electrons. The zero-order valence-electron chi connectivity index (χ0n) is 16.0. The van der Waals surface area contributed by atoms with Crippen LogP contribution in [0, 0.1) is 6.92 Å². The number of nitrogens with zero attached hydrogens (tertiary/aromatic N) is 3. The van der Waals surface area contributed by atoms with E-state index in [0.717, 1.165) is 6.07 Å². The van der Waals surface area contributed by atoms with Crippen LogP contribution >= 0.6 is 24.0 Å². The van der Waals surface area contributed by atoms with E-state index in [2.05, 4.69) is 25.8 Å². The molecule has 28 heavy (non-hydrogen) atoms. The van der Waals surface area contributed by atoms with E-state index in [1.54, 1.807) is 13.0 Å². The van der Waals surface area contributed by atoms with Crippen LogP contribution in [-0.4, -0.2) is 29.2 Å². The summed E-state index contributed by atoms with van der Waals surface area (Å²) in [5, 5.41) is 9.98. The van der Waals surface area contributed by atoms with Gasteiger partial charge < -0.3 is 15.2 Å². The number of aliphatic imine (C=N–C) groups is 1. The van der Waals surface area contributed by atoms with Gasteiger partial charge in [-0.1, -0.05) is 30.3 Å². The van der Waals surface area contributed by atoms with Gasteiger partial charge in [0.25, 0.3) is 0 Å². The first-order valence-electron chi connectivity index (χ1n) is 8.78. The smallest absolute Gasteiger partial charge is 0.357 e. The number of halogens is 4. The Morgan fingerprint density at radius 3 is 2.64 bits per heavy atom. The Bertz CT molecular complexity index is 764. The molecule has 0 fully saturated rings. The number of hydrogen-bond acceptors (Lipinski definition) is 4. The highest BCUT2D eigenvalue weighted by Gasteiger charge is 2.30. The summed E-state index contributed by atoms with van der Waals surface area (Å²) in [6.45, 7) is 7.07. The fourth-order valence-corrected chi connectivity index (χ4v) is 2.49. The Kier molecular flexibility index (Phi) is 9.70. The highest BCUT2D eigenvalue weighted by molar-refractivity contribution is 14.0. The Morgan fingerprint density at radius 2 is 2.04 bits per heavy atom. The second-order valence-corrected chi connectivity index (χ2v) is 6.17. The van der Waals surface area contributed by atoms with Crippen LogP contribution in [0.4, 0.5) is 13.2 Å². The average Bonchev–Trinajstić information content (AvgIpc) is 3.04. The van der Waals surface area contributed by atoms with Crippen LogP contribution in [0.1, 0.15) is 49.0 Å². The molecule has 0 amide bonds. The van der Waals surface area contributed by atoms with Crippen molar-refractivity contribution in [3.8, 4) is 0 Å². The third-order valence-corrected chi connectivity index (χ3v) is 3.94. The molecule has 0 saturated heterocycles. The van der Waals surface area contributed by atoms with Gasteiger partial charge in [0.15, 0.2) is 11.8 Å². The number of rotatable bonds is 7. The predicted octanol–water partition coefficient (Wildman–Crippen LogP) is 4.26. The van der Waals surface area contributed by atoms with Gasteiger partial charge in [0.05, 0.1) is 5.56 Å². The molecule has 0 aliphatic rings. The molecular weight excluding hydrogens is 486 g/mol. The Balaban J connectivity index is 0.00000392. The minimum absolute atomic E-state index is 0. The van der Waals surface area contributed by atoms with E-state index in [4.69, 9.17) is 4.52 Å². The lowest BCUT2D eigenvalue weighted by Crippen LogP contribution is -2.38. The van der Waals surface area contributed by atoms with Crippen LogP contribution in [0.25, 0.3) is 0 Å². The molecule has 10 heteroatoms. The molecule has 1 unspecified atom stereocenters. The van der Waals surface area contributed by atoms with Gasteiger partial charge in [-0.05, 0) is 37.8 Å². The van der Waals surface area contributed by atoms with Crippen molar-refractivity contribution in [3.05, 3.63) is 47.1 Å². The summed E-state index contributed by atoms with van der Waals surface area (Å²) in [6.07, 6.45) is -3.67. The fourth-order valence-electron chi connectivity index (χ4n) is 2.49. The van der Waals surface area contributed by atoms with Gasteiger partial charge in [-0.15, -0.1) is 24.0 Å². The van der Waals surface area contributed by atoms with Crippen molar-refractivity contribution < 1.29 is 17.7 Å². The molecule has 0 aliphatic carbocycles. The average molecular weight is 511 g/mol. The number of aromatic nitrogens is 2. The highest BCUT2D eigenvalue weighted by atomic mass is 127. The third kappa shape index (κ3) is 7.64. The van der Waals surface area contributed by atoms with E-state index in [1.165, 1.54) is 12.1 Å². The first kappa shape index (κ1) is 24.2. The lowest BCUT2D eigenvalue weighted by Gasteiger charge is -2.16. The number of alkyl halides is 3. The van der Waals surface area contributed by atoms with Gasteiger partial charge in [-0.3, -0.25) is 0 Å². The van der Waals surface area contributed by atoms with Gasteiger partial charge in [0, 0.05) is 13.1 Å². The SMILES string of the molecule is CCNC(=NCc1nc(C)no1)NCCC(C)c1cccc(C(F)(F)F)c1.I. The minimum Gasteiger partial charge on any atom is -0.357 e. The van der Waals surface area contributed by atoms with Crippen molar-refractivity contribution in [2.24, 2.45) is 4.99 Å². The Hall–Kier alpha value is -1.85. The fraction of sp³-hybridized carbons (Fsp3) is 0.500. The zero-order valence-corrected chi connectivity index (χ0v) is 18.3. The largest absolute Gasteiger partial charge is 0.416 e. The van der Waals surface area contributed by atoms with E-state index in [-0.39, 0.29) is 36.4 Å². The van der Waals surface area contributed by atoms with Crippen molar-refractivity contribution in [2.45, 2.75) is 45.8 Å². The molecule has 1 aromatic heterocycles. The van der Waals surface area contributed by atoms with Crippen LogP contribution in [0.15, 0.2) is 33.8 Å². The van der Waals surface area contributed by atoms with Gasteiger partial charge >= 0.3 is 6.18 Å². The van der Waals surface area contributed by atoms with E-state index in [1.807, 2.05) is 13.8 Å². The molecule has 2 aromatic rings. The summed E-state index contributed by atoms with van der Waals surface area (Å²) in [7, 11) is 0. The molecule has 0 bridgehead atoms. The van der Waals surface area contributed by atoms with E-state index < -0.39 is 11.7 Å². The van der Waals surface area contributed by atoms with Crippen molar-refractivity contribution in [3.63, 3.8) is 0 Å². The summed E-state index contributed by atoms with van der Waals surface area (Å²) < 4.78 is 43.6. The lowest BCUT2D eigenvalue weighted by molar-refractivity contribution is -0.137. The summed E-state index contributed by atoms with van der Waals surface area (Å²) >= 11 is 0. The molecule has 6 nitrogen and oxygen atoms in total. The third-order valence-electron chi connectivity index (χ3n) is 3.94. The second-order valence-electron chi connectivity index (χ2n) is 6.17. The molecule has 2 N–H and O–H groups in total. The van der Waals surface area contributed by atoms with Crippen molar-refractivity contribution in [2.75, 3.05) is 13.1 Å². The van der Waals surface area contributed by atoms with Gasteiger partial charge in [-0.25, -0.2) is 4.99 Å². The van der Waals surface area contributed by atoms with Crippen LogP contribution in [-0.2, 0) is 12.7 Å². The summed E-state index contributed by atoms with van der Waals surface area (Å²) in [6, 6.07) is 5.46. The topological polar surface area (TPSA) is 75.3 Å². The van der Waals surface area contributed by atoms with Gasteiger partial charge in [0.1, 0.15) is 6.54 Å². The number of guanidine groups is 1. The van der Waals surface area contributed by atoms with E-state index >= 15 is 0 Å². The number of nitrogens with one attached hydrogen (secondary N) is 2. The van der Waals surface area contributed by atoms with Crippen molar-refractivity contribution in [1.82, 2.24) is 20.8 Å². The van der Waals surface area contributed by atoms with Crippen LogP contribution in [0.2, 0.25) is 0 Å². The quantitative estimate of drug-likeness (QED) is 0.330. The Labute approximate surface area is 179 Å². The summed E-state index contributed by atoms with van der Waals surface area (Å²) in [5.41, 5.74) is 0.0412. The summed E-state index contributed by atoms with van der Waals surface area (Å²) in [5.74, 6) is 1.53. The van der Waals surface area contributed by atoms with Crippen molar-refractivity contribution >= 4 is 29.9 Å². The molecule has 0 saturated carbocycles. The van der Waals surface area contributed by atoms with Crippen LogP contribution < -0.4 is 10.6 Å². The monoisotopic (exact) mass is 511 g/mol. The lowest BCUT2D eigenvalue weighted by atomic mass is 9.96. The minimum atomic E-state index is -4.33. The Morgan fingerprint density at radius 1 is 1.29 bits per heavy atom. The highest BCUT2D eigenvalue weighted by Crippen LogP contribution is 2.31. The van der Waals surface area contributed by atoms with Gasteiger partial charge in [0.2, 0.25) is 5.89 Å². The second kappa shape index (κ2) is 11.2. The molecule has 0 aliphatic heterocycles. The van der Waals surface area contributed by atoms with Crippen LogP contribution in [0.3, 0.4) is 0 Å². The van der Waals surface area contributed by atoms with Crippen molar-refractivity contribution in [1.29, 1.82) is 0 Å². The molecule has 1 heterocycles. The maximum Gasteiger partial charge on any atom is 0.416 e. The molecule has 2 rings (SSSR count). The predicted molar refractivity (Wildman–Crippen MR) is 112 cm³/mol. The zero-order chi connectivity index (χ0) is 19.9. The number of aryl methyl sites for hydroxylation is 1. The molecule has 0 spiro atoms. The first-order chi connectivity index (χ1) is 12.8. The van der Waals surface area contributed by atoms with E-state index in [9.17, 15) is 13.2 Å². The summed E-state index contributed by atoms with van der Waals surface area (Å²) in [4.78, 5) is 8.45. The van der Waals surface area contributed by atoms with Crippen LogP contribution in [0.5, 0.6) is 0 Å². The molecular formula is C18H25F3IN5O.